The molecule has 2 nitrogen and oxygen atoms in total. The summed E-state index contributed by atoms with van der Waals surface area (Å²) in [7, 11) is 0. The largest absolute Gasteiger partial charge is 0.482 e. The van der Waals surface area contributed by atoms with E-state index in [1.54, 1.807) is 0 Å². The molecule has 0 atom stereocenters. The van der Waals surface area contributed by atoms with Gasteiger partial charge in [-0.25, -0.2) is 0 Å². The molecule has 2 N–H and O–H groups in total. The van der Waals surface area contributed by atoms with Crippen LogP contribution in [0.2, 0.25) is 0 Å². The van der Waals surface area contributed by atoms with Crippen LogP contribution in [-0.4, -0.2) is 17.7 Å². The van der Waals surface area contributed by atoms with Gasteiger partial charge in [-0.15, -0.1) is 0 Å². The van der Waals surface area contributed by atoms with Gasteiger partial charge in [0.2, 0.25) is 0 Å². The van der Waals surface area contributed by atoms with Gasteiger partial charge in [-0.1, -0.05) is 0 Å². The number of rotatable bonds is 0. The van der Waals surface area contributed by atoms with Crippen molar-refractivity contribution in [3.63, 3.8) is 0 Å². The van der Waals surface area contributed by atoms with Gasteiger partial charge in [-0.2, -0.15) is 0 Å². The van der Waals surface area contributed by atoms with Crippen LogP contribution in [0.25, 0.3) is 0 Å². The van der Waals surface area contributed by atoms with Crippen LogP contribution in [-0.2, 0) is 20.4 Å². The summed E-state index contributed by atoms with van der Waals surface area (Å²) >= 11 is 0. The molecule has 0 aromatic rings. The van der Waals surface area contributed by atoms with E-state index in [0.717, 1.165) is 0 Å². The molecule has 0 aliphatic heterocycles. The van der Waals surface area contributed by atoms with Crippen LogP contribution in [0.5, 0.6) is 0 Å². The first-order valence-corrected chi connectivity index (χ1v) is 0.516. The van der Waals surface area contributed by atoms with E-state index in [2.05, 4.69) is 0 Å². The van der Waals surface area contributed by atoms with E-state index in [1.807, 2.05) is 0 Å². The molecule has 4 heavy (non-hydrogen) atoms. The fourth-order valence-corrected chi connectivity index (χ4v) is 0. The normalized spacial score (nSPS) is 3.50. The smallest absolute Gasteiger partial charge is 0.429 e. The Morgan fingerprint density at radius 1 is 1.25 bits per heavy atom. The molecule has 0 spiro atoms. The maximum absolute atomic E-state index is 7.00. The molecule has 0 heterocycles. The van der Waals surface area contributed by atoms with E-state index >= 15 is 0 Å². The second-order valence-electron chi connectivity index (χ2n) is 0.115. The monoisotopic (exact) mass is 232 g/mol. The molecule has 0 aliphatic rings. The molecule has 0 aromatic heterocycles. The predicted molar refractivity (Wildman–Crippen MR) is 10.2 cm³/mol. The molecule has 0 saturated heterocycles. The van der Waals surface area contributed by atoms with E-state index in [4.69, 9.17) is 10.0 Å². The van der Waals surface area contributed by atoms with Crippen molar-refractivity contribution in [1.82, 2.24) is 0 Å². The molecule has 24 valence electrons. The predicted octanol–water partition coefficient (Wildman–Crippen LogP) is -1.50. The Hall–Kier alpha value is 0.647. The third kappa shape index (κ3) is 17.1. The summed E-state index contributed by atoms with van der Waals surface area (Å²) in [5.74, 6) is 0. The Bertz CT molecular complexity index is 6.00. The topological polar surface area (TPSA) is 40.5 Å². The van der Waals surface area contributed by atoms with Crippen LogP contribution in [0.15, 0.2) is 0 Å². The van der Waals surface area contributed by atoms with Crippen LogP contribution in [0.4, 0.5) is 0 Å². The van der Waals surface area contributed by atoms with Crippen molar-refractivity contribution in [2.75, 3.05) is 0 Å². The second-order valence-corrected chi connectivity index (χ2v) is 0.115. The SMILES string of the molecule is O[B]O.[Re]. The average molecular weight is 231 g/mol. The Morgan fingerprint density at radius 3 is 1.25 bits per heavy atom. The molecule has 0 bridgehead atoms. The zero-order chi connectivity index (χ0) is 2.71. The zero-order valence-electron chi connectivity index (χ0n) is 1.85. The Balaban J connectivity index is 0. The maximum atomic E-state index is 7.00. The molecule has 0 rings (SSSR count). The first-order chi connectivity index (χ1) is 1.41. The van der Waals surface area contributed by atoms with Crippen LogP contribution in [0, 0.1) is 0 Å². The molecule has 0 aromatic carbocycles. The molecule has 0 saturated carbocycles. The average Bonchev–Trinajstić information content (AvgIpc) is 0.918. The third-order valence-corrected chi connectivity index (χ3v) is 0. The molecular weight excluding hydrogens is 229 g/mol. The second kappa shape index (κ2) is 9.42. The minimum atomic E-state index is 0. The fraction of sp³-hybridized carbons (Fsp3) is 0. The van der Waals surface area contributed by atoms with E-state index in [1.165, 1.54) is 0 Å². The number of hydrogen-bond acceptors (Lipinski definition) is 2. The first kappa shape index (κ1) is 8.82. The maximum Gasteiger partial charge on any atom is 0.482 e. The molecule has 0 aliphatic carbocycles. The Labute approximate surface area is 38.8 Å². The van der Waals surface area contributed by atoms with Gasteiger partial charge in [0.25, 0.3) is 0 Å². The molecule has 0 fully saturated rings. The summed E-state index contributed by atoms with van der Waals surface area (Å²) in [6.45, 7) is 0. The van der Waals surface area contributed by atoms with Crippen molar-refractivity contribution in [3.05, 3.63) is 0 Å². The van der Waals surface area contributed by atoms with Gasteiger partial charge in [0.05, 0.1) is 0 Å². The van der Waals surface area contributed by atoms with E-state index in [9.17, 15) is 0 Å². The van der Waals surface area contributed by atoms with E-state index in [-0.39, 0.29) is 28.1 Å². The summed E-state index contributed by atoms with van der Waals surface area (Å²) in [6, 6.07) is 0. The quantitative estimate of drug-likeness (QED) is 0.498. The van der Waals surface area contributed by atoms with Gasteiger partial charge < -0.3 is 10.0 Å². The van der Waals surface area contributed by atoms with Gasteiger partial charge in [0.1, 0.15) is 0 Å². The third-order valence-electron chi connectivity index (χ3n) is 0. The zero-order valence-corrected chi connectivity index (χ0v) is 4.57. The molecule has 0 unspecified atom stereocenters. The standard InChI is InChI=1S/BH2O2.Re/c2-1-3;/h2-3H;. The van der Waals surface area contributed by atoms with Crippen molar-refractivity contribution >= 4 is 7.69 Å². The van der Waals surface area contributed by atoms with E-state index < -0.39 is 0 Å². The molecule has 0 amide bonds. The van der Waals surface area contributed by atoms with Crippen LogP contribution in [0.1, 0.15) is 0 Å². The van der Waals surface area contributed by atoms with Gasteiger partial charge in [0, 0.05) is 20.4 Å². The Kier molecular flexibility index (Phi) is 20.8. The minimum absolute atomic E-state index is 0. The van der Waals surface area contributed by atoms with Crippen molar-refractivity contribution in [3.8, 4) is 0 Å². The van der Waals surface area contributed by atoms with Gasteiger partial charge in [0.15, 0.2) is 0 Å². The van der Waals surface area contributed by atoms with Crippen LogP contribution >= 0.6 is 0 Å². The van der Waals surface area contributed by atoms with Crippen LogP contribution < -0.4 is 0 Å². The van der Waals surface area contributed by atoms with Crippen molar-refractivity contribution in [1.29, 1.82) is 0 Å². The van der Waals surface area contributed by atoms with Crippen LogP contribution in [0.3, 0.4) is 0 Å². The van der Waals surface area contributed by atoms with Gasteiger partial charge >= 0.3 is 7.69 Å². The summed E-state index contributed by atoms with van der Waals surface area (Å²) in [6.07, 6.45) is 0. The molecule has 4 heteroatoms. The fourth-order valence-electron chi connectivity index (χ4n) is 0. The first-order valence-electron chi connectivity index (χ1n) is 0.516. The Morgan fingerprint density at radius 2 is 1.25 bits per heavy atom. The van der Waals surface area contributed by atoms with Gasteiger partial charge in [-0.05, 0) is 0 Å². The molecular formula is H2BO2Re. The summed E-state index contributed by atoms with van der Waals surface area (Å²) in [5.41, 5.74) is 0. The van der Waals surface area contributed by atoms with Crippen molar-refractivity contribution < 1.29 is 30.5 Å². The molecule has 2 radical (unpaired) electrons. The minimum Gasteiger partial charge on any atom is -0.429 e. The van der Waals surface area contributed by atoms with Crippen molar-refractivity contribution in [2.45, 2.75) is 0 Å². The van der Waals surface area contributed by atoms with Crippen molar-refractivity contribution in [2.24, 2.45) is 0 Å². The summed E-state index contributed by atoms with van der Waals surface area (Å²) in [4.78, 5) is 0. The summed E-state index contributed by atoms with van der Waals surface area (Å²) in [5, 5.41) is 14.0. The summed E-state index contributed by atoms with van der Waals surface area (Å²) < 4.78 is 0. The van der Waals surface area contributed by atoms with Gasteiger partial charge in [-0.3, -0.25) is 0 Å². The number of hydrogen-bond donors (Lipinski definition) is 2. The van der Waals surface area contributed by atoms with E-state index in [0.29, 0.717) is 0 Å².